The van der Waals surface area contributed by atoms with E-state index in [9.17, 15) is 4.39 Å². The van der Waals surface area contributed by atoms with Crippen LogP contribution in [0, 0.1) is 0 Å². The number of hydrogen-bond donors (Lipinski definition) is 2. The summed E-state index contributed by atoms with van der Waals surface area (Å²) in [4.78, 5) is 0. The molecule has 1 atom stereocenters. The van der Waals surface area contributed by atoms with Crippen LogP contribution in [-0.2, 0) is 0 Å². The molecule has 1 unspecified atom stereocenters. The number of rotatable bonds is 6. The van der Waals surface area contributed by atoms with Crippen LogP contribution in [0.1, 0.15) is 31.7 Å². The second kappa shape index (κ2) is 8.92. The molecule has 1 aliphatic carbocycles. The predicted octanol–water partition coefficient (Wildman–Crippen LogP) is 5.45. The number of alkyl halides is 1. The Morgan fingerprint density at radius 1 is 1.43 bits per heavy atom. The first-order valence-corrected chi connectivity index (χ1v) is 8.81. The summed E-state index contributed by atoms with van der Waals surface area (Å²) in [6, 6.07) is 6.59. The lowest BCUT2D eigenvalue weighted by molar-refractivity contribution is 0.559. The molecule has 0 heterocycles. The minimum Gasteiger partial charge on any atom is -0.388 e. The first-order valence-electron chi connectivity index (χ1n) is 8.01. The quantitative estimate of drug-likeness (QED) is 0.643. The van der Waals surface area contributed by atoms with Crippen LogP contribution < -0.4 is 10.6 Å². The first-order chi connectivity index (χ1) is 11.2. The van der Waals surface area contributed by atoms with Crippen LogP contribution in [0.3, 0.4) is 0 Å². The van der Waals surface area contributed by atoms with Crippen molar-refractivity contribution in [1.82, 2.24) is 5.32 Å². The van der Waals surface area contributed by atoms with Gasteiger partial charge in [0.15, 0.2) is 0 Å². The highest BCUT2D eigenvalue weighted by Gasteiger charge is 2.17. The van der Waals surface area contributed by atoms with E-state index in [0.29, 0.717) is 0 Å². The molecule has 0 fully saturated rings. The van der Waals surface area contributed by atoms with Crippen molar-refractivity contribution in [3.05, 3.63) is 58.2 Å². The van der Waals surface area contributed by atoms with E-state index >= 15 is 0 Å². The molecule has 0 radical (unpaired) electrons. The van der Waals surface area contributed by atoms with Gasteiger partial charge in [0.1, 0.15) is 6.67 Å². The SMILES string of the molecule is C/C=C(\C=C/CF)NC1C=C(c2cc(Br)ccc2NC)CCC1. The topological polar surface area (TPSA) is 24.1 Å². The summed E-state index contributed by atoms with van der Waals surface area (Å²) in [7, 11) is 1.95. The van der Waals surface area contributed by atoms with Crippen molar-refractivity contribution in [1.29, 1.82) is 0 Å². The van der Waals surface area contributed by atoms with Crippen LogP contribution >= 0.6 is 15.9 Å². The van der Waals surface area contributed by atoms with Crippen LogP contribution in [-0.4, -0.2) is 19.8 Å². The zero-order chi connectivity index (χ0) is 16.7. The van der Waals surface area contributed by atoms with Gasteiger partial charge in [0.2, 0.25) is 0 Å². The molecule has 0 bridgehead atoms. The molecule has 2 N–H and O–H groups in total. The number of halogens is 2. The van der Waals surface area contributed by atoms with E-state index < -0.39 is 6.67 Å². The molecule has 0 spiro atoms. The van der Waals surface area contributed by atoms with Gasteiger partial charge < -0.3 is 10.6 Å². The highest BCUT2D eigenvalue weighted by atomic mass is 79.9. The van der Waals surface area contributed by atoms with Crippen molar-refractivity contribution in [3.63, 3.8) is 0 Å². The number of hydrogen-bond acceptors (Lipinski definition) is 2. The van der Waals surface area contributed by atoms with Gasteiger partial charge in [-0.1, -0.05) is 34.2 Å². The van der Waals surface area contributed by atoms with E-state index in [1.54, 1.807) is 6.08 Å². The molecule has 0 amide bonds. The molecule has 124 valence electrons. The molecule has 0 saturated carbocycles. The monoisotopic (exact) mass is 378 g/mol. The molecule has 4 heteroatoms. The summed E-state index contributed by atoms with van der Waals surface area (Å²) in [5, 5.41) is 6.76. The molecule has 1 aromatic rings. The van der Waals surface area contributed by atoms with E-state index in [-0.39, 0.29) is 6.04 Å². The van der Waals surface area contributed by atoms with E-state index in [4.69, 9.17) is 0 Å². The number of anilines is 1. The maximum absolute atomic E-state index is 12.3. The van der Waals surface area contributed by atoms with Crippen molar-refractivity contribution in [2.45, 2.75) is 32.2 Å². The molecule has 0 saturated heterocycles. The zero-order valence-electron chi connectivity index (χ0n) is 13.7. The predicted molar refractivity (Wildman–Crippen MR) is 101 cm³/mol. The summed E-state index contributed by atoms with van der Waals surface area (Å²) in [5.41, 5.74) is 4.70. The summed E-state index contributed by atoms with van der Waals surface area (Å²) < 4.78 is 13.4. The minimum absolute atomic E-state index is 0.276. The third-order valence-electron chi connectivity index (χ3n) is 4.01. The van der Waals surface area contributed by atoms with Gasteiger partial charge in [0.25, 0.3) is 0 Å². The van der Waals surface area contributed by atoms with Crippen molar-refractivity contribution in [3.8, 4) is 0 Å². The van der Waals surface area contributed by atoms with Gasteiger partial charge in [-0.15, -0.1) is 0 Å². The van der Waals surface area contributed by atoms with Crippen molar-refractivity contribution in [2.24, 2.45) is 0 Å². The average molecular weight is 379 g/mol. The smallest absolute Gasteiger partial charge is 0.108 e. The Balaban J connectivity index is 2.22. The standard InChI is InChI=1S/C19H24BrFN2/c1-3-16(8-5-11-21)23-17-7-4-6-14(12-17)18-13-15(20)9-10-19(18)22-2/h3,5,8-10,12-13,17,22-23H,4,6-7,11H2,1-2H3/b8-5-,16-3+. The van der Waals surface area contributed by atoms with Gasteiger partial charge in [-0.2, -0.15) is 0 Å². The van der Waals surface area contributed by atoms with Crippen LogP contribution in [0.25, 0.3) is 5.57 Å². The van der Waals surface area contributed by atoms with Gasteiger partial charge in [-0.05, 0) is 56.0 Å². The Morgan fingerprint density at radius 2 is 2.26 bits per heavy atom. The fourth-order valence-electron chi connectivity index (χ4n) is 2.87. The second-order valence-electron chi connectivity index (χ2n) is 5.58. The van der Waals surface area contributed by atoms with Crippen molar-refractivity contribution < 1.29 is 4.39 Å². The Hall–Kier alpha value is -1.55. The summed E-state index contributed by atoms with van der Waals surface area (Å²) >= 11 is 3.56. The van der Waals surface area contributed by atoms with E-state index in [2.05, 4.69) is 44.8 Å². The summed E-state index contributed by atoms with van der Waals surface area (Å²) in [5.74, 6) is 0. The zero-order valence-corrected chi connectivity index (χ0v) is 15.3. The molecule has 2 rings (SSSR count). The first kappa shape index (κ1) is 17.8. The lowest BCUT2D eigenvalue weighted by Crippen LogP contribution is -2.28. The molecule has 0 aromatic heterocycles. The van der Waals surface area contributed by atoms with Gasteiger partial charge in [-0.3, -0.25) is 0 Å². The number of benzene rings is 1. The fourth-order valence-corrected chi connectivity index (χ4v) is 3.23. The van der Waals surface area contributed by atoms with Crippen molar-refractivity contribution in [2.75, 3.05) is 19.0 Å². The molecular weight excluding hydrogens is 355 g/mol. The molecule has 1 aliphatic rings. The third-order valence-corrected chi connectivity index (χ3v) is 4.50. The second-order valence-corrected chi connectivity index (χ2v) is 6.49. The van der Waals surface area contributed by atoms with Crippen LogP contribution in [0.5, 0.6) is 0 Å². The highest BCUT2D eigenvalue weighted by Crippen LogP contribution is 2.33. The third kappa shape index (κ3) is 4.96. The maximum atomic E-state index is 12.3. The normalized spacial score (nSPS) is 18.9. The molecule has 2 nitrogen and oxygen atoms in total. The largest absolute Gasteiger partial charge is 0.388 e. The summed E-state index contributed by atoms with van der Waals surface area (Å²) in [6.45, 7) is 1.53. The average Bonchev–Trinajstić information content (AvgIpc) is 2.58. The number of nitrogens with one attached hydrogen (secondary N) is 2. The Labute approximate surface area is 146 Å². The molecule has 23 heavy (non-hydrogen) atoms. The highest BCUT2D eigenvalue weighted by molar-refractivity contribution is 9.10. The number of allylic oxidation sites excluding steroid dienone is 4. The molecule has 1 aromatic carbocycles. The van der Waals surface area contributed by atoms with E-state index in [1.807, 2.05) is 26.1 Å². The fraction of sp³-hybridized carbons (Fsp3) is 0.368. The van der Waals surface area contributed by atoms with E-state index in [1.165, 1.54) is 17.2 Å². The Kier molecular flexibility index (Phi) is 6.90. The van der Waals surface area contributed by atoms with Gasteiger partial charge >= 0.3 is 0 Å². The van der Waals surface area contributed by atoms with Gasteiger partial charge in [0, 0.05) is 34.5 Å². The maximum Gasteiger partial charge on any atom is 0.108 e. The lowest BCUT2D eigenvalue weighted by Gasteiger charge is -2.25. The van der Waals surface area contributed by atoms with Gasteiger partial charge in [0.05, 0.1) is 0 Å². The van der Waals surface area contributed by atoms with Crippen LogP contribution in [0.15, 0.2) is 52.7 Å². The molecular formula is C19H24BrFN2. The molecule has 0 aliphatic heterocycles. The van der Waals surface area contributed by atoms with Crippen LogP contribution in [0.4, 0.5) is 10.1 Å². The lowest BCUT2D eigenvalue weighted by atomic mass is 9.90. The Morgan fingerprint density at radius 3 is 2.96 bits per heavy atom. The van der Waals surface area contributed by atoms with Crippen molar-refractivity contribution >= 4 is 27.2 Å². The van der Waals surface area contributed by atoms with Crippen LogP contribution in [0.2, 0.25) is 0 Å². The summed E-state index contributed by atoms with van der Waals surface area (Å²) in [6.07, 6.45) is 10.9. The van der Waals surface area contributed by atoms with Gasteiger partial charge in [-0.25, -0.2) is 4.39 Å². The Bertz CT molecular complexity index is 620. The van der Waals surface area contributed by atoms with E-state index in [0.717, 1.165) is 35.1 Å². The minimum atomic E-state index is -0.436.